The van der Waals surface area contributed by atoms with E-state index in [0.717, 1.165) is 41.5 Å². The monoisotopic (exact) mass is 521 g/mol. The molecule has 4 rings (SSSR count). The van der Waals surface area contributed by atoms with E-state index in [-0.39, 0.29) is 11.8 Å². The van der Waals surface area contributed by atoms with Gasteiger partial charge in [-0.05, 0) is 42.4 Å². The smallest absolute Gasteiger partial charge is 0.251 e. The topological polar surface area (TPSA) is 105 Å². The number of rotatable bonds is 9. The molecule has 1 aliphatic rings. The molecule has 0 radical (unpaired) electrons. The number of nitrogens with one attached hydrogen (secondary N) is 3. The largest absolute Gasteiger partial charge is 0.493 e. The van der Waals surface area contributed by atoms with Gasteiger partial charge in [0.25, 0.3) is 5.91 Å². The summed E-state index contributed by atoms with van der Waals surface area (Å²) in [7, 11) is 5.19. The molecule has 3 aromatic rings. The van der Waals surface area contributed by atoms with Crippen LogP contribution in [0.5, 0.6) is 11.5 Å². The minimum Gasteiger partial charge on any atom is -0.493 e. The number of thiazole rings is 1. The Balaban J connectivity index is 1.49. The highest BCUT2D eigenvalue weighted by molar-refractivity contribution is 7.15. The van der Waals surface area contributed by atoms with Gasteiger partial charge in [0.1, 0.15) is 0 Å². The summed E-state index contributed by atoms with van der Waals surface area (Å²) in [6, 6.07) is 12.8. The van der Waals surface area contributed by atoms with E-state index in [4.69, 9.17) is 14.5 Å². The molecule has 0 unspecified atom stereocenters. The molecule has 194 valence electrons. The molecule has 2 heterocycles. The van der Waals surface area contributed by atoms with Crippen molar-refractivity contribution in [2.75, 3.05) is 33.1 Å². The first kappa shape index (κ1) is 26.2. The highest BCUT2D eigenvalue weighted by Gasteiger charge is 2.19. The second-order valence-corrected chi connectivity index (χ2v) is 9.80. The van der Waals surface area contributed by atoms with Crippen molar-refractivity contribution in [3.63, 3.8) is 0 Å². The molecule has 1 aromatic heterocycles. The summed E-state index contributed by atoms with van der Waals surface area (Å²) in [5, 5.41) is 9.87. The Morgan fingerprint density at radius 2 is 1.92 bits per heavy atom. The van der Waals surface area contributed by atoms with Gasteiger partial charge in [0.15, 0.2) is 16.6 Å². The first-order chi connectivity index (χ1) is 17.9. The number of fused-ring (bicyclic) bond motifs is 1. The predicted octanol–water partition coefficient (Wildman–Crippen LogP) is 3.62. The quantitative estimate of drug-likeness (QED) is 0.395. The zero-order chi connectivity index (χ0) is 26.4. The fraction of sp³-hybridized carbons (Fsp3) is 0.296. The van der Waals surface area contributed by atoms with Gasteiger partial charge in [0.05, 0.1) is 25.6 Å². The van der Waals surface area contributed by atoms with Gasteiger partial charge in [-0.15, -0.1) is 11.3 Å². The molecular weight excluding hydrogens is 490 g/mol. The SMILES string of the molecule is COc1ccc(C(=O)NCc2cccc(/C(=C\NC(C)=O)Nc3nc4c(s3)CN(C)CC4)c2)cc1OC. The lowest BCUT2D eigenvalue weighted by atomic mass is 10.1. The van der Waals surface area contributed by atoms with Gasteiger partial charge in [0.2, 0.25) is 5.91 Å². The van der Waals surface area contributed by atoms with E-state index >= 15 is 0 Å². The van der Waals surface area contributed by atoms with Crippen LogP contribution in [0.25, 0.3) is 5.70 Å². The van der Waals surface area contributed by atoms with Crippen molar-refractivity contribution in [3.05, 3.63) is 75.9 Å². The molecule has 10 heteroatoms. The van der Waals surface area contributed by atoms with Crippen LogP contribution in [0.2, 0.25) is 0 Å². The predicted molar refractivity (Wildman–Crippen MR) is 145 cm³/mol. The minimum absolute atomic E-state index is 0.169. The van der Waals surface area contributed by atoms with Crippen LogP contribution in [0.3, 0.4) is 0 Å². The minimum atomic E-state index is -0.225. The summed E-state index contributed by atoms with van der Waals surface area (Å²) >= 11 is 1.62. The van der Waals surface area contributed by atoms with Crippen LogP contribution in [-0.4, -0.2) is 49.5 Å². The lowest BCUT2D eigenvalue weighted by Gasteiger charge is -2.20. The van der Waals surface area contributed by atoms with Gasteiger partial charge in [-0.2, -0.15) is 0 Å². The first-order valence-electron chi connectivity index (χ1n) is 11.9. The number of aromatic nitrogens is 1. The number of benzene rings is 2. The molecule has 37 heavy (non-hydrogen) atoms. The summed E-state index contributed by atoms with van der Waals surface area (Å²) in [6.45, 7) is 3.66. The Morgan fingerprint density at radius 3 is 2.68 bits per heavy atom. The first-order valence-corrected chi connectivity index (χ1v) is 12.7. The van der Waals surface area contributed by atoms with E-state index in [1.165, 1.54) is 18.9 Å². The Labute approximate surface area is 220 Å². The number of amides is 2. The van der Waals surface area contributed by atoms with Crippen molar-refractivity contribution in [1.29, 1.82) is 0 Å². The molecule has 0 bridgehead atoms. The number of carbonyl (C=O) groups is 2. The lowest BCUT2D eigenvalue weighted by Crippen LogP contribution is -2.25. The fourth-order valence-electron chi connectivity index (χ4n) is 3.97. The zero-order valence-corrected chi connectivity index (χ0v) is 22.2. The van der Waals surface area contributed by atoms with Crippen LogP contribution in [-0.2, 0) is 24.3 Å². The fourth-order valence-corrected chi connectivity index (χ4v) is 5.07. The standard InChI is InChI=1S/C27H31N5O4S/c1-17(33)28-15-22(31-27-30-21-10-11-32(2)16-25(21)37-27)19-7-5-6-18(12-19)14-29-26(34)20-8-9-23(35-3)24(13-20)36-4/h5-9,12-13,15H,10-11,14,16H2,1-4H3,(H,28,33)(H,29,34)(H,30,31)/b22-15+. The van der Waals surface area contributed by atoms with Crippen molar-refractivity contribution in [1.82, 2.24) is 20.5 Å². The number of carbonyl (C=O) groups excluding carboxylic acids is 2. The van der Waals surface area contributed by atoms with E-state index in [2.05, 4.69) is 27.9 Å². The van der Waals surface area contributed by atoms with Crippen molar-refractivity contribution in [2.24, 2.45) is 0 Å². The van der Waals surface area contributed by atoms with Crippen LogP contribution < -0.4 is 25.4 Å². The molecule has 1 aliphatic heterocycles. The Morgan fingerprint density at radius 1 is 1.11 bits per heavy atom. The second kappa shape index (κ2) is 11.9. The average molecular weight is 522 g/mol. The molecule has 0 saturated carbocycles. The molecule has 2 amide bonds. The van der Waals surface area contributed by atoms with Crippen molar-refractivity contribution >= 4 is 34.0 Å². The highest BCUT2D eigenvalue weighted by atomic mass is 32.1. The van der Waals surface area contributed by atoms with Gasteiger partial charge >= 0.3 is 0 Å². The molecule has 0 saturated heterocycles. The molecular formula is C27H31N5O4S. The summed E-state index contributed by atoms with van der Waals surface area (Å²) in [5.74, 6) is 0.659. The van der Waals surface area contributed by atoms with Crippen LogP contribution in [0.1, 0.15) is 39.0 Å². The third kappa shape index (κ3) is 6.66. The maximum absolute atomic E-state index is 12.8. The van der Waals surface area contributed by atoms with Crippen molar-refractivity contribution < 1.29 is 19.1 Å². The normalized spacial score (nSPS) is 13.5. The molecule has 0 atom stereocenters. The highest BCUT2D eigenvalue weighted by Crippen LogP contribution is 2.30. The molecule has 0 aliphatic carbocycles. The van der Waals surface area contributed by atoms with Gasteiger partial charge < -0.3 is 30.3 Å². The zero-order valence-electron chi connectivity index (χ0n) is 21.4. The van der Waals surface area contributed by atoms with Gasteiger partial charge in [-0.25, -0.2) is 4.98 Å². The second-order valence-electron chi connectivity index (χ2n) is 8.71. The van der Waals surface area contributed by atoms with Crippen LogP contribution in [0.4, 0.5) is 5.13 Å². The lowest BCUT2D eigenvalue weighted by molar-refractivity contribution is -0.118. The number of likely N-dealkylation sites (N-methyl/N-ethyl adjacent to an activating group) is 1. The average Bonchev–Trinajstić information content (AvgIpc) is 3.30. The van der Waals surface area contributed by atoms with Crippen molar-refractivity contribution in [2.45, 2.75) is 26.4 Å². The molecule has 0 spiro atoms. The maximum atomic E-state index is 12.8. The molecule has 9 nitrogen and oxygen atoms in total. The van der Waals surface area contributed by atoms with E-state index in [1.807, 2.05) is 24.3 Å². The number of ether oxygens (including phenoxy) is 2. The van der Waals surface area contributed by atoms with Crippen molar-refractivity contribution in [3.8, 4) is 11.5 Å². The van der Waals surface area contributed by atoms with Crippen LogP contribution in [0, 0.1) is 0 Å². The summed E-state index contributed by atoms with van der Waals surface area (Å²) in [4.78, 5) is 32.7. The Hall–Kier alpha value is -3.89. The third-order valence-corrected chi connectivity index (χ3v) is 6.92. The molecule has 0 fully saturated rings. The summed E-state index contributed by atoms with van der Waals surface area (Å²) < 4.78 is 10.5. The molecule has 2 aromatic carbocycles. The van der Waals surface area contributed by atoms with E-state index in [0.29, 0.717) is 29.3 Å². The molecule has 3 N–H and O–H groups in total. The number of anilines is 1. The third-order valence-electron chi connectivity index (χ3n) is 5.92. The van der Waals surface area contributed by atoms with E-state index < -0.39 is 0 Å². The number of methoxy groups -OCH3 is 2. The van der Waals surface area contributed by atoms with Gasteiger partial charge in [-0.1, -0.05) is 18.2 Å². The Bertz CT molecular complexity index is 1320. The van der Waals surface area contributed by atoms with E-state index in [1.54, 1.807) is 42.8 Å². The number of hydrogen-bond acceptors (Lipinski definition) is 8. The maximum Gasteiger partial charge on any atom is 0.251 e. The number of hydrogen-bond donors (Lipinski definition) is 3. The van der Waals surface area contributed by atoms with E-state index in [9.17, 15) is 9.59 Å². The Kier molecular flexibility index (Phi) is 8.42. The summed E-state index contributed by atoms with van der Waals surface area (Å²) in [5.41, 5.74) is 4.07. The van der Waals surface area contributed by atoms with Crippen LogP contribution in [0.15, 0.2) is 48.7 Å². The van der Waals surface area contributed by atoms with Gasteiger partial charge in [-0.3, -0.25) is 9.59 Å². The van der Waals surface area contributed by atoms with Crippen LogP contribution >= 0.6 is 11.3 Å². The van der Waals surface area contributed by atoms with Gasteiger partial charge in [0, 0.05) is 49.6 Å². The number of nitrogens with zero attached hydrogens (tertiary/aromatic N) is 2. The summed E-state index contributed by atoms with van der Waals surface area (Å²) in [6.07, 6.45) is 2.57.